The maximum atomic E-state index is 4.55. The zero-order chi connectivity index (χ0) is 27.2. The van der Waals surface area contributed by atoms with E-state index in [1.54, 1.807) is 0 Å². The molecule has 3 heteroatoms. The van der Waals surface area contributed by atoms with Crippen molar-refractivity contribution in [3.05, 3.63) is 152 Å². The molecule has 0 radical (unpaired) electrons. The molecule has 3 heterocycles. The van der Waals surface area contributed by atoms with Crippen molar-refractivity contribution in [3.8, 4) is 39.2 Å². The lowest BCUT2D eigenvalue weighted by Gasteiger charge is -2.12. The van der Waals surface area contributed by atoms with E-state index in [-0.39, 0.29) is 0 Å². The maximum Gasteiger partial charge on any atom is 0.0702 e. The molecule has 192 valence electrons. The van der Waals surface area contributed by atoms with Crippen LogP contribution in [0.2, 0.25) is 0 Å². The monoisotopic (exact) mass is 523 g/mol. The van der Waals surface area contributed by atoms with Crippen LogP contribution >= 0.6 is 0 Å². The van der Waals surface area contributed by atoms with Gasteiger partial charge in [-0.05, 0) is 70.6 Å². The van der Waals surface area contributed by atoms with Crippen molar-refractivity contribution in [2.24, 2.45) is 0 Å². The topological polar surface area (TPSA) is 30.7 Å². The summed E-state index contributed by atoms with van der Waals surface area (Å²) in [5.74, 6) is 0. The number of benzene rings is 5. The normalized spacial score (nSPS) is 11.4. The lowest BCUT2D eigenvalue weighted by atomic mass is 9.97. The van der Waals surface area contributed by atoms with E-state index >= 15 is 0 Å². The Labute approximate surface area is 238 Å². The molecule has 5 aromatic carbocycles. The van der Waals surface area contributed by atoms with Crippen molar-refractivity contribution in [3.63, 3.8) is 0 Å². The van der Waals surface area contributed by atoms with Crippen molar-refractivity contribution in [2.75, 3.05) is 0 Å². The first kappa shape index (κ1) is 23.4. The van der Waals surface area contributed by atoms with Gasteiger partial charge in [0.15, 0.2) is 0 Å². The number of hydrogen-bond donors (Lipinski definition) is 0. The molecule has 0 aliphatic carbocycles. The summed E-state index contributed by atoms with van der Waals surface area (Å²) in [6.07, 6.45) is 5.59. The molecule has 3 nitrogen and oxygen atoms in total. The third kappa shape index (κ3) is 3.98. The Hall–Kier alpha value is -5.54. The molecule has 0 unspecified atom stereocenters. The highest BCUT2D eigenvalue weighted by atomic mass is 15.0. The molecule has 8 aromatic rings. The molecule has 0 aliphatic rings. The van der Waals surface area contributed by atoms with Crippen LogP contribution in [-0.2, 0) is 0 Å². The summed E-state index contributed by atoms with van der Waals surface area (Å²) < 4.78 is 2.41. The minimum atomic E-state index is 0.981. The van der Waals surface area contributed by atoms with Gasteiger partial charge in [0, 0.05) is 51.6 Å². The fourth-order valence-corrected chi connectivity index (χ4v) is 5.97. The van der Waals surface area contributed by atoms with Gasteiger partial charge in [0.25, 0.3) is 0 Å². The zero-order valence-corrected chi connectivity index (χ0v) is 22.3. The van der Waals surface area contributed by atoms with E-state index in [2.05, 4.69) is 130 Å². The van der Waals surface area contributed by atoms with Gasteiger partial charge in [-0.25, -0.2) is 0 Å². The van der Waals surface area contributed by atoms with Crippen LogP contribution in [0, 0.1) is 0 Å². The Balaban J connectivity index is 1.35. The standard InChI is InChI=1S/C38H25N3/c1-2-11-32(12-3-1)41-37-24-28(31-10-7-20-39-25-31)15-18-34(37)35-19-16-29-22-27(14-17-33(29)38(35)41)26-8-6-9-30(23-26)36-13-4-5-21-40-36/h1-25H. The minimum Gasteiger partial charge on any atom is -0.309 e. The summed E-state index contributed by atoms with van der Waals surface area (Å²) in [6, 6.07) is 47.5. The van der Waals surface area contributed by atoms with Crippen LogP contribution in [0.5, 0.6) is 0 Å². The highest BCUT2D eigenvalue weighted by Crippen LogP contribution is 2.39. The summed E-state index contributed by atoms with van der Waals surface area (Å²) in [5.41, 5.74) is 10.3. The molecule has 0 N–H and O–H groups in total. The first-order valence-electron chi connectivity index (χ1n) is 13.8. The molecule has 0 atom stereocenters. The largest absolute Gasteiger partial charge is 0.309 e. The molecule has 0 fully saturated rings. The number of fused-ring (bicyclic) bond motifs is 5. The fraction of sp³-hybridized carbons (Fsp3) is 0. The molecule has 41 heavy (non-hydrogen) atoms. The molecule has 8 rings (SSSR count). The molecular weight excluding hydrogens is 498 g/mol. The Morgan fingerprint density at radius 1 is 0.463 bits per heavy atom. The van der Waals surface area contributed by atoms with Gasteiger partial charge in [-0.2, -0.15) is 0 Å². The van der Waals surface area contributed by atoms with E-state index in [1.165, 1.54) is 43.7 Å². The van der Waals surface area contributed by atoms with Gasteiger partial charge in [0.2, 0.25) is 0 Å². The van der Waals surface area contributed by atoms with Crippen molar-refractivity contribution in [1.82, 2.24) is 14.5 Å². The number of nitrogens with zero attached hydrogens (tertiary/aromatic N) is 3. The molecule has 3 aromatic heterocycles. The molecule has 0 saturated heterocycles. The molecule has 0 bridgehead atoms. The SMILES string of the molecule is c1ccc(-n2c3cc(-c4cccnc4)ccc3c3ccc4cc(-c5cccc(-c6ccccn6)c5)ccc4c32)cc1. The summed E-state index contributed by atoms with van der Waals surface area (Å²) in [4.78, 5) is 8.90. The maximum absolute atomic E-state index is 4.55. The third-order valence-corrected chi connectivity index (χ3v) is 7.91. The molecule has 0 aliphatic heterocycles. The van der Waals surface area contributed by atoms with Gasteiger partial charge in [-0.1, -0.05) is 84.9 Å². The predicted octanol–water partition coefficient (Wildman–Crippen LogP) is 9.73. The van der Waals surface area contributed by atoms with E-state index in [0.29, 0.717) is 0 Å². The second kappa shape index (κ2) is 9.58. The second-order valence-electron chi connectivity index (χ2n) is 10.3. The van der Waals surface area contributed by atoms with E-state index in [1.807, 2.05) is 36.8 Å². The number of hydrogen-bond acceptors (Lipinski definition) is 2. The lowest BCUT2D eigenvalue weighted by Crippen LogP contribution is -1.94. The summed E-state index contributed by atoms with van der Waals surface area (Å²) >= 11 is 0. The average Bonchev–Trinajstić information content (AvgIpc) is 3.40. The Kier molecular flexibility index (Phi) is 5.46. The van der Waals surface area contributed by atoms with Gasteiger partial charge in [-0.15, -0.1) is 0 Å². The highest BCUT2D eigenvalue weighted by Gasteiger charge is 2.16. The number of para-hydroxylation sites is 1. The zero-order valence-electron chi connectivity index (χ0n) is 22.3. The van der Waals surface area contributed by atoms with Crippen molar-refractivity contribution < 1.29 is 0 Å². The van der Waals surface area contributed by atoms with E-state index in [4.69, 9.17) is 0 Å². The van der Waals surface area contributed by atoms with Crippen LogP contribution in [0.15, 0.2) is 152 Å². The van der Waals surface area contributed by atoms with Crippen molar-refractivity contribution in [2.45, 2.75) is 0 Å². The van der Waals surface area contributed by atoms with E-state index in [0.717, 1.165) is 28.1 Å². The van der Waals surface area contributed by atoms with Gasteiger partial charge in [0.1, 0.15) is 0 Å². The molecule has 0 spiro atoms. The third-order valence-electron chi connectivity index (χ3n) is 7.91. The molecular formula is C38H25N3. The van der Waals surface area contributed by atoms with Crippen LogP contribution in [-0.4, -0.2) is 14.5 Å². The second-order valence-corrected chi connectivity index (χ2v) is 10.3. The lowest BCUT2D eigenvalue weighted by molar-refractivity contribution is 1.19. The molecule has 0 saturated carbocycles. The summed E-state index contributed by atoms with van der Waals surface area (Å²) in [7, 11) is 0. The number of pyridine rings is 2. The highest BCUT2D eigenvalue weighted by molar-refractivity contribution is 6.19. The first-order chi connectivity index (χ1) is 20.3. The van der Waals surface area contributed by atoms with Gasteiger partial charge in [-0.3, -0.25) is 9.97 Å². The van der Waals surface area contributed by atoms with Crippen LogP contribution in [0.25, 0.3) is 71.8 Å². The predicted molar refractivity (Wildman–Crippen MR) is 170 cm³/mol. The quantitative estimate of drug-likeness (QED) is 0.230. The Morgan fingerprint density at radius 3 is 2.05 bits per heavy atom. The Bertz CT molecular complexity index is 2180. The average molecular weight is 524 g/mol. The van der Waals surface area contributed by atoms with Crippen LogP contribution < -0.4 is 0 Å². The van der Waals surface area contributed by atoms with Crippen LogP contribution in [0.4, 0.5) is 0 Å². The van der Waals surface area contributed by atoms with Gasteiger partial charge in [0.05, 0.1) is 16.7 Å². The Morgan fingerprint density at radius 2 is 1.22 bits per heavy atom. The van der Waals surface area contributed by atoms with Crippen LogP contribution in [0.3, 0.4) is 0 Å². The van der Waals surface area contributed by atoms with Crippen LogP contribution in [0.1, 0.15) is 0 Å². The van der Waals surface area contributed by atoms with E-state index in [9.17, 15) is 0 Å². The fourth-order valence-electron chi connectivity index (χ4n) is 5.97. The van der Waals surface area contributed by atoms with Crippen molar-refractivity contribution in [1.29, 1.82) is 0 Å². The van der Waals surface area contributed by atoms with Gasteiger partial charge >= 0.3 is 0 Å². The number of aromatic nitrogens is 3. The number of rotatable bonds is 4. The molecule has 0 amide bonds. The minimum absolute atomic E-state index is 0.981. The van der Waals surface area contributed by atoms with E-state index < -0.39 is 0 Å². The summed E-state index contributed by atoms with van der Waals surface area (Å²) in [5, 5.41) is 4.94. The van der Waals surface area contributed by atoms with Crippen molar-refractivity contribution >= 4 is 32.6 Å². The summed E-state index contributed by atoms with van der Waals surface area (Å²) in [6.45, 7) is 0. The van der Waals surface area contributed by atoms with Gasteiger partial charge < -0.3 is 4.57 Å². The first-order valence-corrected chi connectivity index (χ1v) is 13.8. The smallest absolute Gasteiger partial charge is 0.0702 e.